The minimum absolute atomic E-state index is 0.544. The summed E-state index contributed by atoms with van der Waals surface area (Å²) in [5.41, 5.74) is 9.99. The zero-order chi connectivity index (χ0) is 15.4. The Hall–Kier alpha value is -1.94. The maximum Gasteiger partial charge on any atom is 0.132 e. The van der Waals surface area contributed by atoms with E-state index < -0.39 is 0 Å². The number of hydrogen-bond acceptors (Lipinski definition) is 4. The quantitative estimate of drug-likeness (QED) is 0.801. The highest BCUT2D eigenvalue weighted by Gasteiger charge is 2.23. The van der Waals surface area contributed by atoms with Gasteiger partial charge in [0.2, 0.25) is 0 Å². The van der Waals surface area contributed by atoms with Crippen molar-refractivity contribution in [3.63, 3.8) is 0 Å². The van der Waals surface area contributed by atoms with Gasteiger partial charge in [-0.25, -0.2) is 9.97 Å². The molecule has 3 N–H and O–H groups in total. The van der Waals surface area contributed by atoms with Crippen molar-refractivity contribution in [3.8, 4) is 11.3 Å². The van der Waals surface area contributed by atoms with Crippen LogP contribution in [0.1, 0.15) is 43.0 Å². The van der Waals surface area contributed by atoms with Gasteiger partial charge in [-0.2, -0.15) is 0 Å². The van der Waals surface area contributed by atoms with Gasteiger partial charge in [0.15, 0.2) is 0 Å². The molecule has 22 heavy (non-hydrogen) atoms. The van der Waals surface area contributed by atoms with Gasteiger partial charge >= 0.3 is 0 Å². The highest BCUT2D eigenvalue weighted by Crippen LogP contribution is 2.36. The van der Waals surface area contributed by atoms with Crippen molar-refractivity contribution >= 4 is 5.69 Å². The van der Waals surface area contributed by atoms with Crippen molar-refractivity contribution in [2.45, 2.75) is 38.5 Å². The molecule has 1 aromatic heterocycles. The second kappa shape index (κ2) is 6.88. The fraction of sp³-hybridized carbons (Fsp3) is 0.444. The summed E-state index contributed by atoms with van der Waals surface area (Å²) in [7, 11) is 0. The van der Waals surface area contributed by atoms with E-state index in [-0.39, 0.29) is 0 Å². The van der Waals surface area contributed by atoms with Crippen LogP contribution in [-0.4, -0.2) is 23.1 Å². The maximum absolute atomic E-state index is 5.58. The zero-order valence-electron chi connectivity index (χ0n) is 13.2. The third-order valence-corrected chi connectivity index (χ3v) is 4.30. The van der Waals surface area contributed by atoms with Crippen molar-refractivity contribution in [1.82, 2.24) is 9.97 Å². The summed E-state index contributed by atoms with van der Waals surface area (Å²) in [5, 5.41) is 3.42. The Balaban J connectivity index is 1.92. The average Bonchev–Trinajstić information content (AvgIpc) is 2.48. The third-order valence-electron chi connectivity index (χ3n) is 4.30. The highest BCUT2D eigenvalue weighted by atomic mass is 15.0. The van der Waals surface area contributed by atoms with E-state index in [0.29, 0.717) is 12.5 Å². The van der Waals surface area contributed by atoms with Gasteiger partial charge in [0, 0.05) is 18.0 Å². The predicted octanol–water partition coefficient (Wildman–Crippen LogP) is 3.48. The van der Waals surface area contributed by atoms with Crippen LogP contribution in [0.3, 0.4) is 0 Å². The van der Waals surface area contributed by atoms with Crippen molar-refractivity contribution in [2.75, 3.05) is 18.4 Å². The average molecular weight is 296 g/mol. The lowest BCUT2D eigenvalue weighted by Gasteiger charge is -2.24. The smallest absolute Gasteiger partial charge is 0.132 e. The Morgan fingerprint density at radius 3 is 2.64 bits per heavy atom. The molecular weight excluding hydrogens is 272 g/mol. The molecule has 1 aliphatic carbocycles. The molecule has 0 radical (unpaired) electrons. The molecule has 116 valence electrons. The molecule has 3 rings (SSSR count). The Bertz CT molecular complexity index is 617. The number of aromatic nitrogens is 2. The summed E-state index contributed by atoms with van der Waals surface area (Å²) in [5.74, 6) is 1.54. The fourth-order valence-corrected chi connectivity index (χ4v) is 2.64. The molecule has 4 heteroatoms. The van der Waals surface area contributed by atoms with Crippen LogP contribution in [0.5, 0.6) is 0 Å². The summed E-state index contributed by atoms with van der Waals surface area (Å²) >= 11 is 0. The van der Waals surface area contributed by atoms with Crippen LogP contribution in [0, 0.1) is 6.92 Å². The molecular formula is C18H24N4. The van der Waals surface area contributed by atoms with Gasteiger partial charge in [-0.3, -0.25) is 0 Å². The summed E-state index contributed by atoms with van der Waals surface area (Å²) in [4.78, 5) is 9.45. The first kappa shape index (κ1) is 15.0. The van der Waals surface area contributed by atoms with Crippen LogP contribution in [0.2, 0.25) is 0 Å². The molecule has 0 amide bonds. The molecule has 4 nitrogen and oxygen atoms in total. The molecule has 2 aromatic rings. The minimum atomic E-state index is 0.544. The predicted molar refractivity (Wildman–Crippen MR) is 91.0 cm³/mol. The summed E-state index contributed by atoms with van der Waals surface area (Å²) in [6, 6.07) is 8.53. The molecule has 1 aliphatic rings. The van der Waals surface area contributed by atoms with Crippen LogP contribution >= 0.6 is 0 Å². The molecule has 1 heterocycles. The maximum atomic E-state index is 5.58. The van der Waals surface area contributed by atoms with Gasteiger partial charge in [-0.05, 0) is 32.7 Å². The second-order valence-corrected chi connectivity index (χ2v) is 6.05. The number of hydrogen-bond donors (Lipinski definition) is 2. The molecule has 1 aromatic carbocycles. The number of nitrogens with two attached hydrogens (primary N) is 1. The molecule has 0 bridgehead atoms. The van der Waals surface area contributed by atoms with Crippen molar-refractivity contribution in [2.24, 2.45) is 5.73 Å². The van der Waals surface area contributed by atoms with Crippen molar-refractivity contribution in [3.05, 3.63) is 41.9 Å². The van der Waals surface area contributed by atoms with Gasteiger partial charge in [-0.15, -0.1) is 0 Å². The van der Waals surface area contributed by atoms with E-state index in [1.165, 1.54) is 24.8 Å². The van der Waals surface area contributed by atoms with E-state index >= 15 is 0 Å². The van der Waals surface area contributed by atoms with Crippen LogP contribution in [-0.2, 0) is 0 Å². The van der Waals surface area contributed by atoms with Gasteiger partial charge in [0.1, 0.15) is 5.82 Å². The lowest BCUT2D eigenvalue weighted by molar-refractivity contribution is 0.402. The number of rotatable bonds is 6. The van der Waals surface area contributed by atoms with Crippen LogP contribution in [0.4, 0.5) is 5.69 Å². The first-order valence-electron chi connectivity index (χ1n) is 8.16. The molecule has 0 saturated heterocycles. The molecule has 1 fully saturated rings. The largest absolute Gasteiger partial charge is 0.382 e. The standard InChI is InChI=1S/C18H24N4/c1-13-6-8-14(9-7-13)17-16(20-11-3-10-19)12-21-18(22-17)15-4-2-5-15/h6-9,12,15,20H,2-5,10-11,19H2,1H3. The highest BCUT2D eigenvalue weighted by molar-refractivity contribution is 5.73. The van der Waals surface area contributed by atoms with Crippen molar-refractivity contribution < 1.29 is 0 Å². The summed E-state index contributed by atoms with van der Waals surface area (Å²) in [6.45, 7) is 3.64. The van der Waals surface area contributed by atoms with Gasteiger partial charge in [-0.1, -0.05) is 36.2 Å². The number of aryl methyl sites for hydroxylation is 1. The second-order valence-electron chi connectivity index (χ2n) is 6.05. The van der Waals surface area contributed by atoms with E-state index in [2.05, 4.69) is 41.5 Å². The SMILES string of the molecule is Cc1ccc(-c2nc(C3CCC3)ncc2NCCCN)cc1. The molecule has 0 spiro atoms. The molecule has 1 saturated carbocycles. The molecule has 0 unspecified atom stereocenters. The van der Waals surface area contributed by atoms with E-state index in [0.717, 1.165) is 35.7 Å². The molecule has 0 aliphatic heterocycles. The Labute approximate surface area is 132 Å². The van der Waals surface area contributed by atoms with Gasteiger partial charge in [0.05, 0.1) is 17.6 Å². The van der Waals surface area contributed by atoms with E-state index in [1.54, 1.807) is 0 Å². The Kier molecular flexibility index (Phi) is 4.68. The summed E-state index contributed by atoms with van der Waals surface area (Å²) < 4.78 is 0. The van der Waals surface area contributed by atoms with E-state index in [9.17, 15) is 0 Å². The Morgan fingerprint density at radius 2 is 2.00 bits per heavy atom. The third kappa shape index (κ3) is 3.28. The van der Waals surface area contributed by atoms with Crippen LogP contribution in [0.15, 0.2) is 30.5 Å². The first-order valence-corrected chi connectivity index (χ1v) is 8.16. The normalized spacial score (nSPS) is 14.6. The van der Waals surface area contributed by atoms with Crippen molar-refractivity contribution in [1.29, 1.82) is 0 Å². The van der Waals surface area contributed by atoms with E-state index in [1.807, 2.05) is 6.20 Å². The van der Waals surface area contributed by atoms with Gasteiger partial charge < -0.3 is 11.1 Å². The van der Waals surface area contributed by atoms with E-state index in [4.69, 9.17) is 10.7 Å². The number of nitrogens with one attached hydrogen (secondary N) is 1. The van der Waals surface area contributed by atoms with Crippen LogP contribution in [0.25, 0.3) is 11.3 Å². The topological polar surface area (TPSA) is 63.8 Å². The zero-order valence-corrected chi connectivity index (χ0v) is 13.2. The number of benzene rings is 1. The minimum Gasteiger partial charge on any atom is -0.382 e. The lowest BCUT2D eigenvalue weighted by Crippen LogP contribution is -2.15. The van der Waals surface area contributed by atoms with Gasteiger partial charge in [0.25, 0.3) is 0 Å². The fourth-order valence-electron chi connectivity index (χ4n) is 2.64. The lowest BCUT2D eigenvalue weighted by atomic mass is 9.85. The summed E-state index contributed by atoms with van der Waals surface area (Å²) in [6.07, 6.45) is 6.61. The Morgan fingerprint density at radius 1 is 1.23 bits per heavy atom. The number of anilines is 1. The first-order chi connectivity index (χ1) is 10.8. The molecule has 0 atom stereocenters. The monoisotopic (exact) mass is 296 g/mol. The number of nitrogens with zero attached hydrogens (tertiary/aromatic N) is 2. The van der Waals surface area contributed by atoms with Crippen LogP contribution < -0.4 is 11.1 Å².